The first-order valence-electron chi connectivity index (χ1n) is 5.30. The second kappa shape index (κ2) is 5.68. The van der Waals surface area contributed by atoms with E-state index in [2.05, 4.69) is 11.4 Å². The number of rotatable bonds is 5. The summed E-state index contributed by atoms with van der Waals surface area (Å²) < 4.78 is 5.60. The number of nitrogens with two attached hydrogens (primary N) is 1. The molecule has 0 saturated heterocycles. The Labute approximate surface area is 99.7 Å². The Morgan fingerprint density at radius 1 is 1.12 bits per heavy atom. The molecule has 0 bridgehead atoms. The highest BCUT2D eigenvalue weighted by Crippen LogP contribution is 2.12. The molecule has 1 atom stereocenters. The lowest BCUT2D eigenvalue weighted by Crippen LogP contribution is -2.29. The summed E-state index contributed by atoms with van der Waals surface area (Å²) in [5.74, 6) is 0.879. The Kier molecular flexibility index (Phi) is 3.97. The van der Waals surface area contributed by atoms with Crippen molar-refractivity contribution in [2.75, 3.05) is 6.61 Å². The van der Waals surface area contributed by atoms with Gasteiger partial charge in [-0.15, -0.1) is 11.3 Å². The Hall–Kier alpha value is -1.32. The molecule has 0 fully saturated rings. The third-order valence-electron chi connectivity index (χ3n) is 2.25. The number of thiophene rings is 1. The van der Waals surface area contributed by atoms with Crippen LogP contribution in [-0.2, 0) is 6.42 Å². The van der Waals surface area contributed by atoms with Crippen molar-refractivity contribution in [3.05, 3.63) is 52.7 Å². The van der Waals surface area contributed by atoms with Crippen LogP contribution in [0.2, 0.25) is 0 Å². The molecular formula is C13H15NOS. The van der Waals surface area contributed by atoms with E-state index in [0.717, 1.165) is 12.2 Å². The molecule has 2 rings (SSSR count). The largest absolute Gasteiger partial charge is 0.492 e. The molecule has 0 saturated carbocycles. The SMILES string of the molecule is NC(COc1ccccc1)Cc1cccs1. The first kappa shape index (κ1) is 11.2. The second-order valence-electron chi connectivity index (χ2n) is 3.67. The van der Waals surface area contributed by atoms with Crippen LogP contribution in [0.3, 0.4) is 0 Å². The molecule has 0 aliphatic rings. The van der Waals surface area contributed by atoms with Crippen molar-refractivity contribution >= 4 is 11.3 Å². The van der Waals surface area contributed by atoms with E-state index in [1.165, 1.54) is 4.88 Å². The summed E-state index contributed by atoms with van der Waals surface area (Å²) >= 11 is 1.74. The molecular weight excluding hydrogens is 218 g/mol. The van der Waals surface area contributed by atoms with Gasteiger partial charge in [0.1, 0.15) is 12.4 Å². The van der Waals surface area contributed by atoms with E-state index in [4.69, 9.17) is 10.5 Å². The average Bonchev–Trinajstić information content (AvgIpc) is 2.81. The monoisotopic (exact) mass is 233 g/mol. The maximum Gasteiger partial charge on any atom is 0.119 e. The number of hydrogen-bond donors (Lipinski definition) is 1. The maximum absolute atomic E-state index is 5.99. The van der Waals surface area contributed by atoms with Gasteiger partial charge in [0, 0.05) is 17.3 Å². The lowest BCUT2D eigenvalue weighted by molar-refractivity contribution is 0.288. The van der Waals surface area contributed by atoms with Crippen molar-refractivity contribution in [3.8, 4) is 5.75 Å². The Bertz CT molecular complexity index is 399. The molecule has 84 valence electrons. The van der Waals surface area contributed by atoms with Gasteiger partial charge in [-0.3, -0.25) is 0 Å². The minimum Gasteiger partial charge on any atom is -0.492 e. The van der Waals surface area contributed by atoms with E-state index in [1.54, 1.807) is 11.3 Å². The minimum atomic E-state index is 0.0545. The summed E-state index contributed by atoms with van der Waals surface area (Å²) in [6, 6.07) is 14.0. The minimum absolute atomic E-state index is 0.0545. The van der Waals surface area contributed by atoms with E-state index in [-0.39, 0.29) is 6.04 Å². The van der Waals surface area contributed by atoms with E-state index in [0.29, 0.717) is 6.61 Å². The zero-order valence-corrected chi connectivity index (χ0v) is 9.82. The quantitative estimate of drug-likeness (QED) is 0.861. The second-order valence-corrected chi connectivity index (χ2v) is 4.70. The molecule has 0 radical (unpaired) electrons. The number of benzene rings is 1. The van der Waals surface area contributed by atoms with Crippen LogP contribution in [0.15, 0.2) is 47.8 Å². The molecule has 1 heterocycles. The highest BCUT2D eigenvalue weighted by atomic mass is 32.1. The topological polar surface area (TPSA) is 35.2 Å². The molecule has 0 spiro atoms. The lowest BCUT2D eigenvalue weighted by Gasteiger charge is -2.12. The van der Waals surface area contributed by atoms with Gasteiger partial charge in [-0.2, -0.15) is 0 Å². The first-order valence-corrected chi connectivity index (χ1v) is 6.18. The molecule has 1 aromatic carbocycles. The van der Waals surface area contributed by atoms with Crippen LogP contribution in [0.4, 0.5) is 0 Å². The van der Waals surface area contributed by atoms with Gasteiger partial charge in [0.15, 0.2) is 0 Å². The molecule has 1 aromatic heterocycles. The van der Waals surface area contributed by atoms with E-state index in [1.807, 2.05) is 36.4 Å². The van der Waals surface area contributed by atoms with Crippen molar-refractivity contribution in [2.24, 2.45) is 5.73 Å². The fourth-order valence-corrected chi connectivity index (χ4v) is 2.27. The van der Waals surface area contributed by atoms with E-state index < -0.39 is 0 Å². The van der Waals surface area contributed by atoms with Crippen LogP contribution in [0, 0.1) is 0 Å². The lowest BCUT2D eigenvalue weighted by atomic mass is 10.2. The molecule has 2 N–H and O–H groups in total. The van der Waals surface area contributed by atoms with Crippen LogP contribution in [-0.4, -0.2) is 12.6 Å². The predicted molar refractivity (Wildman–Crippen MR) is 67.9 cm³/mol. The van der Waals surface area contributed by atoms with Gasteiger partial charge < -0.3 is 10.5 Å². The molecule has 2 nitrogen and oxygen atoms in total. The number of hydrogen-bond acceptors (Lipinski definition) is 3. The first-order chi connectivity index (χ1) is 7.84. The third-order valence-corrected chi connectivity index (χ3v) is 3.15. The number of ether oxygens (including phenoxy) is 1. The van der Waals surface area contributed by atoms with Crippen LogP contribution in [0.1, 0.15) is 4.88 Å². The summed E-state index contributed by atoms with van der Waals surface area (Å²) in [6.07, 6.45) is 0.879. The zero-order chi connectivity index (χ0) is 11.2. The van der Waals surface area contributed by atoms with Crippen molar-refractivity contribution in [1.82, 2.24) is 0 Å². The Balaban J connectivity index is 1.78. The van der Waals surface area contributed by atoms with Crippen molar-refractivity contribution < 1.29 is 4.74 Å². The highest BCUT2D eigenvalue weighted by Gasteiger charge is 2.05. The molecule has 16 heavy (non-hydrogen) atoms. The average molecular weight is 233 g/mol. The highest BCUT2D eigenvalue weighted by molar-refractivity contribution is 7.09. The van der Waals surface area contributed by atoms with Gasteiger partial charge in [0.2, 0.25) is 0 Å². The molecule has 0 aliphatic carbocycles. The summed E-state index contributed by atoms with van der Waals surface area (Å²) in [5.41, 5.74) is 5.99. The number of para-hydroxylation sites is 1. The molecule has 3 heteroatoms. The van der Waals surface area contributed by atoms with Crippen LogP contribution >= 0.6 is 11.3 Å². The van der Waals surface area contributed by atoms with Crippen LogP contribution < -0.4 is 10.5 Å². The van der Waals surface area contributed by atoms with Gasteiger partial charge >= 0.3 is 0 Å². The van der Waals surface area contributed by atoms with Gasteiger partial charge in [-0.05, 0) is 23.6 Å². The summed E-state index contributed by atoms with van der Waals surface area (Å²) in [4.78, 5) is 1.31. The summed E-state index contributed by atoms with van der Waals surface area (Å²) in [5, 5.41) is 2.07. The smallest absolute Gasteiger partial charge is 0.119 e. The van der Waals surface area contributed by atoms with Gasteiger partial charge in [0.05, 0.1) is 0 Å². The standard InChI is InChI=1S/C13H15NOS/c14-11(9-13-7-4-8-16-13)10-15-12-5-2-1-3-6-12/h1-8,11H,9-10,14H2. The third kappa shape index (κ3) is 3.36. The fraction of sp³-hybridized carbons (Fsp3) is 0.231. The summed E-state index contributed by atoms with van der Waals surface area (Å²) in [7, 11) is 0. The molecule has 0 amide bonds. The molecule has 2 aromatic rings. The van der Waals surface area contributed by atoms with Crippen LogP contribution in [0.25, 0.3) is 0 Å². The van der Waals surface area contributed by atoms with Crippen molar-refractivity contribution in [2.45, 2.75) is 12.5 Å². The van der Waals surface area contributed by atoms with Crippen LogP contribution in [0.5, 0.6) is 5.75 Å². The Morgan fingerprint density at radius 3 is 2.62 bits per heavy atom. The zero-order valence-electron chi connectivity index (χ0n) is 9.00. The summed E-state index contributed by atoms with van der Waals surface area (Å²) in [6.45, 7) is 0.557. The van der Waals surface area contributed by atoms with Crippen molar-refractivity contribution in [3.63, 3.8) is 0 Å². The van der Waals surface area contributed by atoms with Gasteiger partial charge in [-0.25, -0.2) is 0 Å². The maximum atomic E-state index is 5.99. The van der Waals surface area contributed by atoms with Crippen molar-refractivity contribution in [1.29, 1.82) is 0 Å². The van der Waals surface area contributed by atoms with E-state index in [9.17, 15) is 0 Å². The molecule has 0 aliphatic heterocycles. The van der Waals surface area contributed by atoms with Gasteiger partial charge in [-0.1, -0.05) is 24.3 Å². The predicted octanol–water partition coefficient (Wildman–Crippen LogP) is 2.70. The van der Waals surface area contributed by atoms with Gasteiger partial charge in [0.25, 0.3) is 0 Å². The Morgan fingerprint density at radius 2 is 1.94 bits per heavy atom. The normalized spacial score (nSPS) is 12.3. The molecule has 1 unspecified atom stereocenters. The fourth-order valence-electron chi connectivity index (χ4n) is 1.47. The van der Waals surface area contributed by atoms with E-state index >= 15 is 0 Å².